The zero-order valence-corrected chi connectivity index (χ0v) is 16.2. The summed E-state index contributed by atoms with van der Waals surface area (Å²) < 4.78 is 5.19. The molecule has 0 saturated carbocycles. The zero-order valence-electron chi connectivity index (χ0n) is 15.5. The van der Waals surface area contributed by atoms with Gasteiger partial charge in [0.15, 0.2) is 11.5 Å². The van der Waals surface area contributed by atoms with E-state index in [1.807, 2.05) is 31.2 Å². The highest BCUT2D eigenvalue weighted by atomic mass is 35.5. The number of ether oxygens (including phenoxy) is 1. The molecule has 0 saturated heterocycles. The monoisotopic (exact) mass is 384 g/mol. The first kappa shape index (κ1) is 19.0. The number of aryl methyl sites for hydroxylation is 2. The highest BCUT2D eigenvalue weighted by molar-refractivity contribution is 6.32. The number of methoxy groups -OCH3 is 1. The summed E-state index contributed by atoms with van der Waals surface area (Å²) in [6.07, 6.45) is 1.09. The molecule has 6 heteroatoms. The van der Waals surface area contributed by atoms with Crippen molar-refractivity contribution in [3.05, 3.63) is 52.5 Å². The fourth-order valence-electron chi connectivity index (χ4n) is 3.01. The molecule has 0 aliphatic rings. The van der Waals surface area contributed by atoms with Crippen molar-refractivity contribution in [2.75, 3.05) is 14.2 Å². The Labute approximate surface area is 163 Å². The Morgan fingerprint density at radius 2 is 2.04 bits per heavy atom. The lowest BCUT2D eigenvalue weighted by Gasteiger charge is -2.11. The van der Waals surface area contributed by atoms with Crippen LogP contribution in [0.1, 0.15) is 17.5 Å². The van der Waals surface area contributed by atoms with E-state index in [-0.39, 0.29) is 16.7 Å². The number of pyridine rings is 1. The molecule has 3 rings (SSSR count). The molecular weight excluding hydrogens is 364 g/mol. The number of carbonyl (C=O) groups excluding carboxylic acids is 1. The van der Waals surface area contributed by atoms with Crippen molar-refractivity contribution in [1.82, 2.24) is 10.3 Å². The maximum absolute atomic E-state index is 11.5. The summed E-state index contributed by atoms with van der Waals surface area (Å²) in [4.78, 5) is 16.3. The Balaban J connectivity index is 2.04. The Morgan fingerprint density at radius 1 is 1.26 bits per heavy atom. The first-order chi connectivity index (χ1) is 12.9. The van der Waals surface area contributed by atoms with Crippen LogP contribution in [0.2, 0.25) is 5.02 Å². The Morgan fingerprint density at radius 3 is 2.74 bits per heavy atom. The van der Waals surface area contributed by atoms with Crippen LogP contribution < -0.4 is 10.1 Å². The molecule has 1 amide bonds. The van der Waals surface area contributed by atoms with Crippen LogP contribution in [0, 0.1) is 6.92 Å². The summed E-state index contributed by atoms with van der Waals surface area (Å²) in [6, 6.07) is 11.4. The van der Waals surface area contributed by atoms with Crippen LogP contribution in [0.25, 0.3) is 22.2 Å². The fourth-order valence-corrected chi connectivity index (χ4v) is 3.22. The maximum atomic E-state index is 11.5. The highest BCUT2D eigenvalue weighted by Gasteiger charge is 2.13. The van der Waals surface area contributed by atoms with Gasteiger partial charge in [-0.1, -0.05) is 23.7 Å². The molecule has 0 aliphatic heterocycles. The standard InChI is InChI=1S/C21H21ClN2O3/c1-12-8-17(14-10-16(22)21(26)19(11-14)27-3)24-18-9-13(4-6-15(12)18)5-7-20(25)23-2/h4,6,8-11,26H,5,7H2,1-3H3,(H,23,25). The van der Waals surface area contributed by atoms with Crippen LogP contribution in [0.4, 0.5) is 0 Å². The van der Waals surface area contributed by atoms with Gasteiger partial charge in [-0.15, -0.1) is 0 Å². The maximum Gasteiger partial charge on any atom is 0.220 e. The van der Waals surface area contributed by atoms with Gasteiger partial charge in [0.25, 0.3) is 0 Å². The summed E-state index contributed by atoms with van der Waals surface area (Å²) in [7, 11) is 3.12. The first-order valence-corrected chi connectivity index (χ1v) is 8.98. The number of fused-ring (bicyclic) bond motifs is 1. The molecule has 27 heavy (non-hydrogen) atoms. The van der Waals surface area contributed by atoms with Crippen molar-refractivity contribution in [3.63, 3.8) is 0 Å². The average molecular weight is 385 g/mol. The van der Waals surface area contributed by atoms with E-state index in [1.165, 1.54) is 7.11 Å². The molecule has 0 aliphatic carbocycles. The van der Waals surface area contributed by atoms with Gasteiger partial charge in [0, 0.05) is 24.4 Å². The van der Waals surface area contributed by atoms with Crippen LogP contribution in [0.3, 0.4) is 0 Å². The zero-order chi connectivity index (χ0) is 19.6. The number of phenols is 1. The summed E-state index contributed by atoms with van der Waals surface area (Å²) in [6.45, 7) is 2.02. The minimum atomic E-state index is -0.0862. The minimum Gasteiger partial charge on any atom is -0.503 e. The lowest BCUT2D eigenvalue weighted by molar-refractivity contribution is -0.120. The predicted molar refractivity (Wildman–Crippen MR) is 108 cm³/mol. The smallest absolute Gasteiger partial charge is 0.220 e. The van der Waals surface area contributed by atoms with Gasteiger partial charge in [-0.05, 0) is 48.7 Å². The number of hydrogen-bond acceptors (Lipinski definition) is 4. The molecular formula is C21H21ClN2O3. The summed E-state index contributed by atoms with van der Waals surface area (Å²) in [5.41, 5.74) is 4.48. The van der Waals surface area contributed by atoms with E-state index in [0.29, 0.717) is 18.6 Å². The number of amides is 1. The van der Waals surface area contributed by atoms with Gasteiger partial charge >= 0.3 is 0 Å². The molecule has 3 aromatic rings. The van der Waals surface area contributed by atoms with E-state index in [1.54, 1.807) is 19.2 Å². The predicted octanol–water partition coefficient (Wildman–Crippen LogP) is 4.26. The van der Waals surface area contributed by atoms with Gasteiger partial charge in [-0.25, -0.2) is 4.98 Å². The average Bonchev–Trinajstić information content (AvgIpc) is 2.67. The minimum absolute atomic E-state index is 0.0128. The molecule has 5 nitrogen and oxygen atoms in total. The van der Waals surface area contributed by atoms with E-state index in [9.17, 15) is 9.90 Å². The molecule has 1 aromatic heterocycles. The second-order valence-electron chi connectivity index (χ2n) is 6.36. The number of benzene rings is 2. The molecule has 0 bridgehead atoms. The number of hydrogen-bond donors (Lipinski definition) is 2. The Hall–Kier alpha value is -2.79. The number of rotatable bonds is 5. The summed E-state index contributed by atoms with van der Waals surface area (Å²) >= 11 is 6.12. The Kier molecular flexibility index (Phi) is 5.51. The molecule has 2 N–H and O–H groups in total. The SMILES string of the molecule is CNC(=O)CCc1ccc2c(C)cc(-c3cc(Cl)c(O)c(OC)c3)nc2c1. The van der Waals surface area contributed by atoms with Crippen LogP contribution >= 0.6 is 11.6 Å². The van der Waals surface area contributed by atoms with Crippen molar-refractivity contribution < 1.29 is 14.6 Å². The second-order valence-corrected chi connectivity index (χ2v) is 6.77. The normalized spacial score (nSPS) is 10.8. The van der Waals surface area contributed by atoms with Gasteiger partial charge in [0.1, 0.15) is 0 Å². The van der Waals surface area contributed by atoms with E-state index in [4.69, 9.17) is 21.3 Å². The van der Waals surface area contributed by atoms with Crippen LogP contribution in [-0.2, 0) is 11.2 Å². The van der Waals surface area contributed by atoms with Crippen LogP contribution in [0.15, 0.2) is 36.4 Å². The third-order valence-electron chi connectivity index (χ3n) is 4.54. The quantitative estimate of drug-likeness (QED) is 0.689. The number of halogens is 1. The van der Waals surface area contributed by atoms with Crippen molar-refractivity contribution >= 4 is 28.4 Å². The molecule has 0 atom stereocenters. The van der Waals surface area contributed by atoms with Crippen molar-refractivity contribution in [2.45, 2.75) is 19.8 Å². The van der Waals surface area contributed by atoms with Gasteiger partial charge in [0.05, 0.1) is 23.3 Å². The van der Waals surface area contributed by atoms with Crippen molar-refractivity contribution in [1.29, 1.82) is 0 Å². The lowest BCUT2D eigenvalue weighted by atomic mass is 10.0. The van der Waals surface area contributed by atoms with E-state index >= 15 is 0 Å². The van der Waals surface area contributed by atoms with Crippen molar-refractivity contribution in [2.24, 2.45) is 0 Å². The topological polar surface area (TPSA) is 71.5 Å². The molecule has 0 spiro atoms. The third kappa shape index (κ3) is 3.98. The van der Waals surface area contributed by atoms with E-state index < -0.39 is 0 Å². The molecule has 1 heterocycles. The first-order valence-electron chi connectivity index (χ1n) is 8.60. The van der Waals surface area contributed by atoms with Gasteiger partial charge in [-0.2, -0.15) is 0 Å². The van der Waals surface area contributed by atoms with Crippen LogP contribution in [0.5, 0.6) is 11.5 Å². The number of aromatic nitrogens is 1. The number of aromatic hydroxyl groups is 1. The third-order valence-corrected chi connectivity index (χ3v) is 4.83. The number of carbonyl (C=O) groups is 1. The van der Waals surface area contributed by atoms with Gasteiger partial charge in [-0.3, -0.25) is 4.79 Å². The van der Waals surface area contributed by atoms with E-state index in [2.05, 4.69) is 5.32 Å². The Bertz CT molecular complexity index is 1020. The number of nitrogens with one attached hydrogen (secondary N) is 1. The van der Waals surface area contributed by atoms with Crippen LogP contribution in [-0.4, -0.2) is 30.2 Å². The lowest BCUT2D eigenvalue weighted by Crippen LogP contribution is -2.17. The molecule has 140 valence electrons. The van der Waals surface area contributed by atoms with Gasteiger partial charge in [0.2, 0.25) is 5.91 Å². The molecule has 0 radical (unpaired) electrons. The second kappa shape index (κ2) is 7.84. The molecule has 0 unspecified atom stereocenters. The van der Waals surface area contributed by atoms with Gasteiger partial charge < -0.3 is 15.2 Å². The molecule has 2 aromatic carbocycles. The highest BCUT2D eigenvalue weighted by Crippen LogP contribution is 2.38. The fraction of sp³-hybridized carbons (Fsp3) is 0.238. The largest absolute Gasteiger partial charge is 0.503 e. The number of phenolic OH excluding ortho intramolecular Hbond substituents is 1. The number of nitrogens with zero attached hydrogens (tertiary/aromatic N) is 1. The molecule has 0 fully saturated rings. The van der Waals surface area contributed by atoms with Crippen molar-refractivity contribution in [3.8, 4) is 22.8 Å². The summed E-state index contributed by atoms with van der Waals surface area (Å²) in [5, 5.41) is 13.8. The summed E-state index contributed by atoms with van der Waals surface area (Å²) in [5.74, 6) is 0.229. The van der Waals surface area contributed by atoms with E-state index in [0.717, 1.165) is 33.3 Å².